The molecule has 1 amide bonds. The molecule has 0 aliphatic rings. The van der Waals surface area contributed by atoms with Gasteiger partial charge in [0.05, 0.1) is 19.9 Å². The Hall–Kier alpha value is -3.46. The maximum atomic E-state index is 13.1. The number of aromatic nitrogens is 3. The molecular weight excluding hydrogens is 419 g/mol. The van der Waals surface area contributed by atoms with Gasteiger partial charge in [-0.05, 0) is 49.4 Å². The number of hydrogen-bond donors (Lipinski definition) is 1. The van der Waals surface area contributed by atoms with Gasteiger partial charge >= 0.3 is 0 Å². The van der Waals surface area contributed by atoms with E-state index in [1.54, 1.807) is 42.0 Å². The van der Waals surface area contributed by atoms with Crippen LogP contribution in [0.3, 0.4) is 0 Å². The van der Waals surface area contributed by atoms with Crippen molar-refractivity contribution >= 4 is 22.2 Å². The lowest BCUT2D eigenvalue weighted by atomic mass is 10.2. The summed E-state index contributed by atoms with van der Waals surface area (Å²) in [7, 11) is 3.08. The lowest BCUT2D eigenvalue weighted by Gasteiger charge is -2.10. The number of hydrogen-bond acceptors (Lipinski definition) is 6. The van der Waals surface area contributed by atoms with E-state index in [0.717, 1.165) is 21.1 Å². The number of thiazole rings is 1. The molecule has 0 unspecified atom stereocenters. The molecular formula is C22H21FN4O3S. The van der Waals surface area contributed by atoms with Gasteiger partial charge < -0.3 is 14.8 Å². The van der Waals surface area contributed by atoms with Crippen molar-refractivity contribution in [2.24, 2.45) is 0 Å². The number of aryl methyl sites for hydroxylation is 1. The first-order valence-corrected chi connectivity index (χ1v) is 10.4. The molecule has 0 spiro atoms. The topological polar surface area (TPSA) is 77.8 Å². The Balaban J connectivity index is 1.42. The molecule has 4 rings (SSSR count). The summed E-state index contributed by atoms with van der Waals surface area (Å²) in [5, 5.41) is 7.47. The Kier molecular flexibility index (Phi) is 5.85. The number of methoxy groups -OCH3 is 2. The zero-order chi connectivity index (χ0) is 22.0. The smallest absolute Gasteiger partial charge is 0.251 e. The monoisotopic (exact) mass is 440 g/mol. The number of benzene rings is 2. The first kappa shape index (κ1) is 20.8. The predicted molar refractivity (Wildman–Crippen MR) is 117 cm³/mol. The Morgan fingerprint density at radius 2 is 1.87 bits per heavy atom. The molecule has 0 atom stereocenters. The van der Waals surface area contributed by atoms with Crippen LogP contribution in [0.15, 0.2) is 42.5 Å². The van der Waals surface area contributed by atoms with Gasteiger partial charge in [-0.25, -0.2) is 8.91 Å². The average Bonchev–Trinajstić information content (AvgIpc) is 3.33. The van der Waals surface area contributed by atoms with Crippen LogP contribution in [0.4, 0.5) is 4.39 Å². The van der Waals surface area contributed by atoms with Crippen LogP contribution in [0.5, 0.6) is 11.5 Å². The molecule has 2 heterocycles. The molecule has 0 saturated carbocycles. The van der Waals surface area contributed by atoms with Crippen molar-refractivity contribution in [2.45, 2.75) is 13.3 Å². The van der Waals surface area contributed by atoms with Crippen molar-refractivity contribution in [1.82, 2.24) is 19.9 Å². The summed E-state index contributed by atoms with van der Waals surface area (Å²) in [5.41, 5.74) is 2.24. The van der Waals surface area contributed by atoms with Crippen LogP contribution in [0.25, 0.3) is 16.3 Å². The van der Waals surface area contributed by atoms with Crippen LogP contribution in [0, 0.1) is 12.7 Å². The maximum Gasteiger partial charge on any atom is 0.251 e. The molecule has 0 bridgehead atoms. The van der Waals surface area contributed by atoms with E-state index in [-0.39, 0.29) is 11.7 Å². The third-order valence-electron chi connectivity index (χ3n) is 4.90. The van der Waals surface area contributed by atoms with Crippen molar-refractivity contribution in [2.75, 3.05) is 20.8 Å². The minimum absolute atomic E-state index is 0.184. The molecule has 0 aliphatic carbocycles. The largest absolute Gasteiger partial charge is 0.493 e. The minimum atomic E-state index is -0.293. The van der Waals surface area contributed by atoms with E-state index in [1.807, 2.05) is 6.92 Å². The quantitative estimate of drug-likeness (QED) is 0.472. The Morgan fingerprint density at radius 1 is 1.13 bits per heavy atom. The zero-order valence-corrected chi connectivity index (χ0v) is 18.1. The van der Waals surface area contributed by atoms with Crippen LogP contribution < -0.4 is 14.8 Å². The normalized spacial score (nSPS) is 11.0. The molecule has 0 aliphatic heterocycles. The van der Waals surface area contributed by atoms with Gasteiger partial charge in [-0.15, -0.1) is 5.10 Å². The summed E-state index contributed by atoms with van der Waals surface area (Å²) in [5.74, 6) is 1.16. The number of fused-ring (bicyclic) bond motifs is 1. The molecule has 4 aromatic rings. The Morgan fingerprint density at radius 3 is 2.55 bits per heavy atom. The molecule has 2 aromatic carbocycles. The fraction of sp³-hybridized carbons (Fsp3) is 0.227. The highest BCUT2D eigenvalue weighted by atomic mass is 32.1. The van der Waals surface area contributed by atoms with Crippen LogP contribution in [-0.2, 0) is 6.42 Å². The van der Waals surface area contributed by atoms with Gasteiger partial charge in [-0.3, -0.25) is 4.79 Å². The maximum absolute atomic E-state index is 13.1. The summed E-state index contributed by atoms with van der Waals surface area (Å²) < 4.78 is 25.4. The van der Waals surface area contributed by atoms with Crippen molar-refractivity contribution in [3.05, 3.63) is 64.4 Å². The van der Waals surface area contributed by atoms with E-state index < -0.39 is 0 Å². The zero-order valence-electron chi connectivity index (χ0n) is 17.3. The molecule has 7 nitrogen and oxygen atoms in total. The molecule has 31 heavy (non-hydrogen) atoms. The third-order valence-corrected chi connectivity index (χ3v) is 6.09. The van der Waals surface area contributed by atoms with Gasteiger partial charge in [-0.2, -0.15) is 4.98 Å². The van der Waals surface area contributed by atoms with E-state index >= 15 is 0 Å². The van der Waals surface area contributed by atoms with Gasteiger partial charge in [-0.1, -0.05) is 11.3 Å². The lowest BCUT2D eigenvalue weighted by molar-refractivity contribution is 0.0953. The molecule has 0 radical (unpaired) electrons. The van der Waals surface area contributed by atoms with Crippen molar-refractivity contribution in [1.29, 1.82) is 0 Å². The lowest BCUT2D eigenvalue weighted by Crippen LogP contribution is -2.25. The molecule has 1 N–H and O–H groups in total. The average molecular weight is 441 g/mol. The number of halogens is 1. The van der Waals surface area contributed by atoms with E-state index in [9.17, 15) is 9.18 Å². The molecule has 160 valence electrons. The SMILES string of the molecule is COc1ccc(C(=O)NCCc2sc3nc(-c4ccc(F)cc4)nn3c2C)cc1OC. The van der Waals surface area contributed by atoms with Gasteiger partial charge in [0.25, 0.3) is 5.91 Å². The second-order valence-corrected chi connectivity index (χ2v) is 7.89. The Bertz CT molecular complexity index is 1230. The highest BCUT2D eigenvalue weighted by Crippen LogP contribution is 2.28. The highest BCUT2D eigenvalue weighted by Gasteiger charge is 2.15. The van der Waals surface area contributed by atoms with E-state index in [0.29, 0.717) is 35.9 Å². The number of nitrogens with one attached hydrogen (secondary N) is 1. The summed E-state index contributed by atoms with van der Waals surface area (Å²) >= 11 is 1.53. The first-order valence-electron chi connectivity index (χ1n) is 9.61. The molecule has 0 fully saturated rings. The van der Waals surface area contributed by atoms with Crippen molar-refractivity contribution in [3.8, 4) is 22.9 Å². The van der Waals surface area contributed by atoms with Crippen molar-refractivity contribution in [3.63, 3.8) is 0 Å². The van der Waals surface area contributed by atoms with Crippen LogP contribution in [0.1, 0.15) is 20.9 Å². The highest BCUT2D eigenvalue weighted by molar-refractivity contribution is 7.17. The van der Waals surface area contributed by atoms with Crippen LogP contribution in [-0.4, -0.2) is 41.3 Å². The van der Waals surface area contributed by atoms with Crippen LogP contribution in [0.2, 0.25) is 0 Å². The number of rotatable bonds is 7. The fourth-order valence-electron chi connectivity index (χ4n) is 3.21. The first-order chi connectivity index (χ1) is 15.0. The second-order valence-electron chi connectivity index (χ2n) is 6.82. The van der Waals surface area contributed by atoms with Crippen LogP contribution >= 0.6 is 11.3 Å². The Labute approximate surface area is 182 Å². The summed E-state index contributed by atoms with van der Waals surface area (Å²) in [6.07, 6.45) is 0.659. The van der Waals surface area contributed by atoms with Crippen molar-refractivity contribution < 1.29 is 18.7 Å². The molecule has 9 heteroatoms. The third kappa shape index (κ3) is 4.22. The van der Waals surface area contributed by atoms with Gasteiger partial charge in [0, 0.05) is 29.0 Å². The van der Waals surface area contributed by atoms with E-state index in [1.165, 1.54) is 30.6 Å². The number of carbonyl (C=O) groups excluding carboxylic acids is 1. The van der Waals surface area contributed by atoms with Gasteiger partial charge in [0.15, 0.2) is 17.3 Å². The van der Waals surface area contributed by atoms with E-state index in [2.05, 4.69) is 15.4 Å². The molecule has 0 saturated heterocycles. The standard InChI is InChI=1S/C22H21FN4O3S/c1-13-19(10-11-24-21(28)15-6-9-17(29-2)18(12-15)30-3)31-22-25-20(26-27(13)22)14-4-7-16(23)8-5-14/h4-9,12H,10-11H2,1-3H3,(H,24,28). The predicted octanol–water partition coefficient (Wildman–Crippen LogP) is 3.90. The van der Waals surface area contributed by atoms with Gasteiger partial charge in [0.2, 0.25) is 4.96 Å². The fourth-order valence-corrected chi connectivity index (χ4v) is 4.26. The number of amides is 1. The van der Waals surface area contributed by atoms with Gasteiger partial charge in [0.1, 0.15) is 5.82 Å². The number of nitrogens with zero attached hydrogens (tertiary/aromatic N) is 3. The number of ether oxygens (including phenoxy) is 2. The summed E-state index contributed by atoms with van der Waals surface area (Å²) in [4.78, 5) is 18.9. The molecule has 2 aromatic heterocycles. The second kappa shape index (κ2) is 8.73. The minimum Gasteiger partial charge on any atom is -0.493 e. The summed E-state index contributed by atoms with van der Waals surface area (Å²) in [6, 6.07) is 11.2. The number of carbonyl (C=O) groups is 1. The summed E-state index contributed by atoms with van der Waals surface area (Å²) in [6.45, 7) is 2.45. The van der Waals surface area contributed by atoms with E-state index in [4.69, 9.17) is 9.47 Å².